The van der Waals surface area contributed by atoms with Gasteiger partial charge in [-0.1, -0.05) is 0 Å². The minimum Gasteiger partial charge on any atom is -0.442 e. The molecule has 5 N–H and O–H groups in total. The Labute approximate surface area is 195 Å². The molecule has 0 aromatic heterocycles. The van der Waals surface area contributed by atoms with Gasteiger partial charge in [0.15, 0.2) is 5.11 Å². The number of halogens is 1. The molecule has 1 aromatic rings. The molecule has 0 saturated carbocycles. The second-order valence-electron chi connectivity index (χ2n) is 7.51. The van der Waals surface area contributed by atoms with Crippen LogP contribution in [0.1, 0.15) is 12.8 Å². The molecule has 0 radical (unpaired) electrons. The summed E-state index contributed by atoms with van der Waals surface area (Å²) in [5.74, 6) is -0.714. The second-order valence-corrected chi connectivity index (χ2v) is 8.27. The van der Waals surface area contributed by atoms with E-state index in [1.807, 2.05) is 4.90 Å². The summed E-state index contributed by atoms with van der Waals surface area (Å²) < 4.78 is 20.2. The molecule has 1 unspecified atom stereocenters. The third kappa shape index (κ3) is 5.50. The zero-order valence-corrected chi connectivity index (χ0v) is 18.8. The number of hydrazine groups is 1. The molecule has 0 aliphatic carbocycles. The predicted octanol–water partition coefficient (Wildman–Crippen LogP) is 0.397. The highest BCUT2D eigenvalue weighted by atomic mass is 32.1. The minimum absolute atomic E-state index is 0.0375. The van der Waals surface area contributed by atoms with Crippen molar-refractivity contribution < 1.29 is 18.7 Å². The number of cyclic esters (lactones) is 1. The van der Waals surface area contributed by atoms with Crippen LogP contribution in [-0.2, 0) is 9.53 Å². The average Bonchev–Trinajstić information content (AvgIpc) is 3.17. The lowest BCUT2D eigenvalue weighted by Crippen LogP contribution is -2.59. The number of carbonyl (C=O) groups excluding carboxylic acids is 2. The molecule has 1 aromatic carbocycles. The lowest BCUT2D eigenvalue weighted by molar-refractivity contribution is -0.118. The summed E-state index contributed by atoms with van der Waals surface area (Å²) in [6, 6.07) is 6.77. The number of hydrogen-bond donors (Lipinski definition) is 5. The van der Waals surface area contributed by atoms with Gasteiger partial charge in [-0.25, -0.2) is 14.6 Å². The number of thiol groups is 1. The van der Waals surface area contributed by atoms with Crippen LogP contribution in [0, 0.1) is 17.1 Å². The standard InChI is InChI=1S/C19H24FN7O3S2/c20-14-7-12(27-9-13(30-18(27)29)8-23-16(28)10-31)1-2-15(14)26-5-3-19(11-21,4-6-26)25-24-17(22)32/h1-2,7,13,25,31H,3-6,8-10H2,(H,23,28)(H3,22,24,32). The maximum atomic E-state index is 14.9. The summed E-state index contributed by atoms with van der Waals surface area (Å²) in [6.45, 7) is 1.23. The molecular formula is C19H24FN7O3S2. The van der Waals surface area contributed by atoms with Crippen molar-refractivity contribution in [1.29, 1.82) is 5.26 Å². The number of carbonyl (C=O) groups is 2. The number of nitriles is 1. The fourth-order valence-corrected chi connectivity index (χ4v) is 3.78. The van der Waals surface area contributed by atoms with Gasteiger partial charge in [-0.05, 0) is 43.3 Å². The van der Waals surface area contributed by atoms with Crippen LogP contribution in [0.15, 0.2) is 18.2 Å². The number of nitrogens with zero attached hydrogens (tertiary/aromatic N) is 3. The van der Waals surface area contributed by atoms with Crippen LogP contribution in [0.3, 0.4) is 0 Å². The van der Waals surface area contributed by atoms with E-state index in [2.05, 4.69) is 34.9 Å². The third-order valence-electron chi connectivity index (χ3n) is 5.38. The molecule has 32 heavy (non-hydrogen) atoms. The van der Waals surface area contributed by atoms with Crippen LogP contribution >= 0.6 is 24.8 Å². The maximum Gasteiger partial charge on any atom is 0.414 e. The van der Waals surface area contributed by atoms with Gasteiger partial charge in [0.2, 0.25) is 5.91 Å². The zero-order chi connectivity index (χ0) is 23.3. The van der Waals surface area contributed by atoms with E-state index in [4.69, 9.17) is 22.7 Å². The number of nitrogens with one attached hydrogen (secondary N) is 3. The van der Waals surface area contributed by atoms with Crippen molar-refractivity contribution in [2.24, 2.45) is 5.73 Å². The van der Waals surface area contributed by atoms with Gasteiger partial charge in [0, 0.05) is 13.1 Å². The fraction of sp³-hybridized carbons (Fsp3) is 0.474. The number of nitrogens with two attached hydrogens (primary N) is 1. The Hall–Kier alpha value is -2.82. The van der Waals surface area contributed by atoms with Gasteiger partial charge in [-0.2, -0.15) is 17.9 Å². The van der Waals surface area contributed by atoms with Crippen LogP contribution in [0.5, 0.6) is 0 Å². The Bertz CT molecular complexity index is 934. The molecule has 2 fully saturated rings. The number of rotatable bonds is 7. The highest BCUT2D eigenvalue weighted by molar-refractivity contribution is 7.81. The number of amides is 2. The molecule has 172 valence electrons. The summed E-state index contributed by atoms with van der Waals surface area (Å²) in [6.07, 6.45) is -0.273. The van der Waals surface area contributed by atoms with Crippen LogP contribution in [0.4, 0.5) is 20.6 Å². The first kappa shape index (κ1) is 23.8. The Morgan fingerprint density at radius 3 is 2.75 bits per heavy atom. The highest BCUT2D eigenvalue weighted by Gasteiger charge is 2.36. The van der Waals surface area contributed by atoms with Crippen LogP contribution in [-0.4, -0.2) is 60.7 Å². The van der Waals surface area contributed by atoms with Crippen LogP contribution in [0.25, 0.3) is 0 Å². The summed E-state index contributed by atoms with van der Waals surface area (Å²) in [5.41, 5.74) is 10.8. The quantitative estimate of drug-likeness (QED) is 0.213. The number of hydrogen-bond acceptors (Lipinski definition) is 8. The van der Waals surface area contributed by atoms with E-state index in [1.165, 1.54) is 11.0 Å². The van der Waals surface area contributed by atoms with Crippen molar-refractivity contribution in [2.45, 2.75) is 24.5 Å². The number of thiocarbonyl (C=S) groups is 1. The van der Waals surface area contributed by atoms with Crippen LogP contribution in [0.2, 0.25) is 0 Å². The first-order chi connectivity index (χ1) is 15.3. The number of benzene rings is 1. The topological polar surface area (TPSA) is 136 Å². The molecule has 13 heteroatoms. The van der Waals surface area contributed by atoms with E-state index < -0.39 is 23.6 Å². The molecule has 1 atom stereocenters. The van der Waals surface area contributed by atoms with Gasteiger partial charge in [0.25, 0.3) is 0 Å². The summed E-state index contributed by atoms with van der Waals surface area (Å²) in [4.78, 5) is 26.7. The van der Waals surface area contributed by atoms with Gasteiger partial charge >= 0.3 is 6.09 Å². The molecule has 0 spiro atoms. The van der Waals surface area contributed by atoms with E-state index in [1.54, 1.807) is 12.1 Å². The lowest BCUT2D eigenvalue weighted by atomic mass is 9.89. The summed E-state index contributed by atoms with van der Waals surface area (Å²) in [7, 11) is 0. The van der Waals surface area contributed by atoms with Crippen LogP contribution < -0.4 is 31.7 Å². The zero-order valence-electron chi connectivity index (χ0n) is 17.1. The van der Waals surface area contributed by atoms with E-state index in [9.17, 15) is 19.2 Å². The number of piperidine rings is 1. The Balaban J connectivity index is 1.62. The molecule has 10 nitrogen and oxygen atoms in total. The van der Waals surface area contributed by atoms with Gasteiger partial charge in [0.1, 0.15) is 17.5 Å². The van der Waals surface area contributed by atoms with Crippen molar-refractivity contribution in [2.75, 3.05) is 41.7 Å². The van der Waals surface area contributed by atoms with E-state index in [0.29, 0.717) is 37.3 Å². The van der Waals surface area contributed by atoms with Crippen molar-refractivity contribution in [3.8, 4) is 6.07 Å². The molecule has 2 saturated heterocycles. The molecule has 2 heterocycles. The SMILES string of the molecule is N#CC1(NNC(N)=S)CCN(c2ccc(N3CC(CNC(=O)CS)OC3=O)cc2F)CC1. The Morgan fingerprint density at radius 2 is 2.16 bits per heavy atom. The first-order valence-corrected chi connectivity index (χ1v) is 10.9. The largest absolute Gasteiger partial charge is 0.442 e. The normalized spacial score (nSPS) is 19.8. The average molecular weight is 482 g/mol. The van der Waals surface area contributed by atoms with Crippen molar-refractivity contribution in [3.05, 3.63) is 24.0 Å². The lowest BCUT2D eigenvalue weighted by Gasteiger charge is -2.39. The molecule has 2 aliphatic rings. The monoisotopic (exact) mass is 481 g/mol. The molecule has 2 aliphatic heterocycles. The molecule has 0 bridgehead atoms. The number of ether oxygens (including phenoxy) is 1. The first-order valence-electron chi connectivity index (χ1n) is 9.91. The molecule has 3 rings (SSSR count). The Kier molecular flexibility index (Phi) is 7.60. The molecule has 2 amide bonds. The van der Waals surface area contributed by atoms with Gasteiger partial charge in [-0.15, -0.1) is 0 Å². The van der Waals surface area contributed by atoms with Crippen molar-refractivity contribution in [3.63, 3.8) is 0 Å². The summed E-state index contributed by atoms with van der Waals surface area (Å²) in [5, 5.41) is 12.2. The summed E-state index contributed by atoms with van der Waals surface area (Å²) >= 11 is 8.63. The van der Waals surface area contributed by atoms with Gasteiger partial charge in [-0.3, -0.25) is 15.1 Å². The smallest absolute Gasteiger partial charge is 0.414 e. The number of anilines is 2. The Morgan fingerprint density at radius 1 is 1.44 bits per heavy atom. The molecular weight excluding hydrogens is 457 g/mol. The van der Waals surface area contributed by atoms with Crippen molar-refractivity contribution in [1.82, 2.24) is 16.2 Å². The van der Waals surface area contributed by atoms with E-state index in [0.717, 1.165) is 0 Å². The highest BCUT2D eigenvalue weighted by Crippen LogP contribution is 2.31. The maximum absolute atomic E-state index is 14.9. The van der Waals surface area contributed by atoms with Crippen molar-refractivity contribution >= 4 is 53.3 Å². The van der Waals surface area contributed by atoms with Gasteiger partial charge in [0.05, 0.1) is 36.3 Å². The van der Waals surface area contributed by atoms with Gasteiger partial charge < -0.3 is 20.7 Å². The van der Waals surface area contributed by atoms with E-state index in [-0.39, 0.29) is 29.9 Å². The third-order valence-corrected chi connectivity index (χ3v) is 5.77. The fourth-order valence-electron chi connectivity index (χ4n) is 3.62. The minimum atomic E-state index is -0.854. The predicted molar refractivity (Wildman–Crippen MR) is 124 cm³/mol. The second kappa shape index (κ2) is 10.2. The van der Waals surface area contributed by atoms with E-state index >= 15 is 0 Å².